The summed E-state index contributed by atoms with van der Waals surface area (Å²) in [5, 5.41) is 0. The van der Waals surface area contributed by atoms with Crippen LogP contribution in [0.2, 0.25) is 0 Å². The van der Waals surface area contributed by atoms with Gasteiger partial charge in [-0.3, -0.25) is 19.3 Å². The lowest BCUT2D eigenvalue weighted by atomic mass is 10.1. The van der Waals surface area contributed by atoms with Gasteiger partial charge in [0.1, 0.15) is 0 Å². The van der Waals surface area contributed by atoms with Gasteiger partial charge in [-0.2, -0.15) is 0 Å². The summed E-state index contributed by atoms with van der Waals surface area (Å²) in [4.78, 5) is 42.2. The number of carbonyl (C=O) groups is 3. The highest BCUT2D eigenvalue weighted by Crippen LogP contribution is 2.26. The zero-order chi connectivity index (χ0) is 17.3. The highest BCUT2D eigenvalue weighted by molar-refractivity contribution is 9.10. The fourth-order valence-corrected chi connectivity index (χ4v) is 3.43. The Morgan fingerprint density at radius 2 is 1.75 bits per heavy atom. The number of carbonyl (C=O) groups excluding carboxylic acids is 3. The van der Waals surface area contributed by atoms with E-state index in [2.05, 4.69) is 20.8 Å². The molecule has 2 aliphatic rings. The zero-order valence-electron chi connectivity index (χ0n) is 13.6. The first-order valence-electron chi connectivity index (χ1n) is 8.09. The minimum absolute atomic E-state index is 0.0995. The van der Waals surface area contributed by atoms with Crippen molar-refractivity contribution in [1.82, 2.24) is 14.7 Å². The molecule has 0 atom stereocenters. The lowest BCUT2D eigenvalue weighted by molar-refractivity contribution is -0.132. The van der Waals surface area contributed by atoms with Crippen molar-refractivity contribution in [3.05, 3.63) is 33.8 Å². The molecule has 0 saturated carbocycles. The molecule has 3 rings (SSSR count). The van der Waals surface area contributed by atoms with Gasteiger partial charge >= 0.3 is 0 Å². The summed E-state index contributed by atoms with van der Waals surface area (Å²) >= 11 is 3.32. The Hall–Kier alpha value is -1.73. The van der Waals surface area contributed by atoms with Crippen molar-refractivity contribution in [3.8, 4) is 0 Å². The molecule has 24 heavy (non-hydrogen) atoms. The van der Waals surface area contributed by atoms with Gasteiger partial charge in [-0.25, -0.2) is 0 Å². The smallest absolute Gasteiger partial charge is 0.261 e. The second-order valence-electron chi connectivity index (χ2n) is 6.24. The van der Waals surface area contributed by atoms with E-state index in [9.17, 15) is 14.4 Å². The summed E-state index contributed by atoms with van der Waals surface area (Å²) in [5.74, 6) is -0.444. The minimum Gasteiger partial charge on any atom is -0.340 e. The van der Waals surface area contributed by atoms with Gasteiger partial charge in [-0.05, 0) is 31.7 Å². The van der Waals surface area contributed by atoms with E-state index in [1.165, 1.54) is 4.90 Å². The molecule has 6 nitrogen and oxygen atoms in total. The molecule has 0 unspecified atom stereocenters. The number of imide groups is 1. The molecule has 0 radical (unpaired) electrons. The van der Waals surface area contributed by atoms with Crippen LogP contribution in [-0.2, 0) is 4.79 Å². The average Bonchev–Trinajstić information content (AvgIpc) is 2.79. The number of hydrogen-bond donors (Lipinski definition) is 0. The Balaban J connectivity index is 1.53. The molecule has 0 aromatic heterocycles. The second-order valence-corrected chi connectivity index (χ2v) is 7.16. The van der Waals surface area contributed by atoms with Crippen molar-refractivity contribution < 1.29 is 14.4 Å². The molecule has 0 N–H and O–H groups in total. The van der Waals surface area contributed by atoms with Crippen molar-refractivity contribution in [1.29, 1.82) is 0 Å². The molecule has 1 saturated heterocycles. The zero-order valence-corrected chi connectivity index (χ0v) is 15.2. The van der Waals surface area contributed by atoms with Crippen molar-refractivity contribution >= 4 is 33.7 Å². The largest absolute Gasteiger partial charge is 0.340 e. The molecule has 0 bridgehead atoms. The number of rotatable bonds is 4. The van der Waals surface area contributed by atoms with Crippen molar-refractivity contribution in [2.45, 2.75) is 12.8 Å². The maximum Gasteiger partial charge on any atom is 0.261 e. The van der Waals surface area contributed by atoms with E-state index >= 15 is 0 Å². The molecule has 1 fully saturated rings. The van der Waals surface area contributed by atoms with E-state index in [0.29, 0.717) is 24.0 Å². The first-order valence-corrected chi connectivity index (χ1v) is 8.89. The molecule has 1 aromatic carbocycles. The number of piperazine rings is 1. The lowest BCUT2D eigenvalue weighted by Crippen LogP contribution is -2.47. The van der Waals surface area contributed by atoms with Crippen LogP contribution in [0.25, 0.3) is 0 Å². The van der Waals surface area contributed by atoms with E-state index in [4.69, 9.17) is 0 Å². The van der Waals surface area contributed by atoms with Crippen LogP contribution in [0.3, 0.4) is 0 Å². The molecule has 128 valence electrons. The van der Waals surface area contributed by atoms with Gasteiger partial charge in [0, 0.05) is 43.6 Å². The topological polar surface area (TPSA) is 60.9 Å². The van der Waals surface area contributed by atoms with Crippen LogP contribution in [-0.4, -0.2) is 72.2 Å². The number of halogens is 1. The quantitative estimate of drug-likeness (QED) is 0.728. The van der Waals surface area contributed by atoms with Crippen LogP contribution in [0.1, 0.15) is 33.6 Å². The third-order valence-electron chi connectivity index (χ3n) is 4.56. The number of hydrogen-bond acceptors (Lipinski definition) is 4. The molecule has 7 heteroatoms. The predicted molar refractivity (Wildman–Crippen MR) is 92.8 cm³/mol. The van der Waals surface area contributed by atoms with E-state index < -0.39 is 0 Å². The number of fused-ring (bicyclic) bond motifs is 1. The van der Waals surface area contributed by atoms with Crippen LogP contribution in [0.15, 0.2) is 22.7 Å². The maximum absolute atomic E-state index is 12.4. The SMILES string of the molecule is CN1CCN(C(=O)CCCN2C(=O)c3ccc(Br)cc3C2=O)CC1. The third kappa shape index (κ3) is 3.37. The average molecular weight is 394 g/mol. The van der Waals surface area contributed by atoms with E-state index in [0.717, 1.165) is 30.7 Å². The Bertz CT molecular complexity index is 684. The number of nitrogens with zero attached hydrogens (tertiary/aromatic N) is 3. The molecule has 0 spiro atoms. The highest BCUT2D eigenvalue weighted by Gasteiger charge is 2.35. The Morgan fingerprint density at radius 3 is 2.46 bits per heavy atom. The van der Waals surface area contributed by atoms with Gasteiger partial charge in [0.05, 0.1) is 11.1 Å². The molecule has 1 aromatic rings. The standard InChI is InChI=1S/C17H20BrN3O3/c1-19-7-9-20(10-8-19)15(22)3-2-6-21-16(23)13-5-4-12(18)11-14(13)17(21)24/h4-5,11H,2-3,6-10H2,1H3. The fourth-order valence-electron chi connectivity index (χ4n) is 3.07. The van der Waals surface area contributed by atoms with Crippen LogP contribution >= 0.6 is 15.9 Å². The molecular weight excluding hydrogens is 374 g/mol. The Labute approximate surface area is 149 Å². The minimum atomic E-state index is -0.275. The Kier molecular flexibility index (Phi) is 5.01. The number of amides is 3. The summed E-state index contributed by atoms with van der Waals surface area (Å²) in [5.41, 5.74) is 0.869. The predicted octanol–water partition coefficient (Wildman–Crippen LogP) is 1.60. The number of likely N-dealkylation sites (N-methyl/N-ethyl adjacent to an activating group) is 1. The summed E-state index contributed by atoms with van der Waals surface area (Å²) < 4.78 is 0.773. The van der Waals surface area contributed by atoms with Crippen LogP contribution in [0.5, 0.6) is 0 Å². The first-order chi connectivity index (χ1) is 11.5. The monoisotopic (exact) mass is 393 g/mol. The van der Waals surface area contributed by atoms with Gasteiger partial charge in [-0.1, -0.05) is 15.9 Å². The van der Waals surface area contributed by atoms with Crippen molar-refractivity contribution in [2.75, 3.05) is 39.8 Å². The van der Waals surface area contributed by atoms with Crippen LogP contribution in [0.4, 0.5) is 0 Å². The third-order valence-corrected chi connectivity index (χ3v) is 5.05. The van der Waals surface area contributed by atoms with E-state index in [-0.39, 0.29) is 24.3 Å². The molecule has 2 aliphatic heterocycles. The van der Waals surface area contributed by atoms with Crippen molar-refractivity contribution in [3.63, 3.8) is 0 Å². The van der Waals surface area contributed by atoms with Crippen LogP contribution < -0.4 is 0 Å². The Morgan fingerprint density at radius 1 is 1.08 bits per heavy atom. The highest BCUT2D eigenvalue weighted by atomic mass is 79.9. The van der Waals surface area contributed by atoms with E-state index in [1.807, 2.05) is 11.9 Å². The van der Waals surface area contributed by atoms with Crippen LogP contribution in [0, 0.1) is 0 Å². The molecule has 2 heterocycles. The maximum atomic E-state index is 12.4. The lowest BCUT2D eigenvalue weighted by Gasteiger charge is -2.32. The van der Waals surface area contributed by atoms with E-state index in [1.54, 1.807) is 18.2 Å². The van der Waals surface area contributed by atoms with Gasteiger partial charge in [0.15, 0.2) is 0 Å². The summed E-state index contributed by atoms with van der Waals surface area (Å²) in [6.07, 6.45) is 0.860. The molecule has 3 amide bonds. The van der Waals surface area contributed by atoms with Gasteiger partial charge in [-0.15, -0.1) is 0 Å². The summed E-state index contributed by atoms with van der Waals surface area (Å²) in [6, 6.07) is 5.09. The van der Waals surface area contributed by atoms with Gasteiger partial charge < -0.3 is 9.80 Å². The normalized spacial score (nSPS) is 18.2. The second kappa shape index (κ2) is 7.03. The number of benzene rings is 1. The molecular formula is C17H20BrN3O3. The fraction of sp³-hybridized carbons (Fsp3) is 0.471. The summed E-state index contributed by atoms with van der Waals surface area (Å²) in [7, 11) is 2.04. The molecule has 0 aliphatic carbocycles. The first kappa shape index (κ1) is 17.1. The summed E-state index contributed by atoms with van der Waals surface area (Å²) in [6.45, 7) is 3.55. The van der Waals surface area contributed by atoms with Gasteiger partial charge in [0.2, 0.25) is 5.91 Å². The van der Waals surface area contributed by atoms with Gasteiger partial charge in [0.25, 0.3) is 11.8 Å². The van der Waals surface area contributed by atoms with Crippen molar-refractivity contribution in [2.24, 2.45) is 0 Å².